The molecule has 0 radical (unpaired) electrons. The Morgan fingerprint density at radius 1 is 1.52 bits per heavy atom. The zero-order chi connectivity index (χ0) is 15.7. The molecule has 0 spiro atoms. The van der Waals surface area contributed by atoms with Gasteiger partial charge in [-0.15, -0.1) is 16.0 Å². The molecule has 2 rings (SSSR count). The smallest absolute Gasteiger partial charge is 0.251 e. The topological polar surface area (TPSA) is 66.1 Å². The summed E-state index contributed by atoms with van der Waals surface area (Å²) >= 11 is 6.23. The predicted octanol–water partition coefficient (Wildman–Crippen LogP) is 3.49. The Morgan fingerprint density at radius 3 is 2.76 bits per heavy atom. The average molecular weight is 338 g/mol. The second-order valence-electron chi connectivity index (χ2n) is 4.64. The lowest BCUT2D eigenvalue weighted by Gasteiger charge is -2.19. The van der Waals surface area contributed by atoms with Crippen molar-refractivity contribution in [1.29, 1.82) is 5.26 Å². The largest absolute Gasteiger partial charge is 0.433 e. The number of hydrogen-bond acceptors (Lipinski definition) is 4. The van der Waals surface area contributed by atoms with Crippen molar-refractivity contribution in [2.45, 2.75) is 29.6 Å². The van der Waals surface area contributed by atoms with E-state index < -0.39 is 32.2 Å². The van der Waals surface area contributed by atoms with Crippen LogP contribution in [-0.4, -0.2) is 20.2 Å². The van der Waals surface area contributed by atoms with Crippen molar-refractivity contribution in [1.82, 2.24) is 4.98 Å². The molecular weight excluding hydrogens is 327 g/mol. The summed E-state index contributed by atoms with van der Waals surface area (Å²) in [6.07, 6.45) is -0.812. The summed E-state index contributed by atoms with van der Waals surface area (Å²) < 4.78 is 53.3. The van der Waals surface area contributed by atoms with Gasteiger partial charge in [0.05, 0.1) is 20.4 Å². The second kappa shape index (κ2) is 5.81. The first kappa shape index (κ1) is 16.0. The molecule has 1 aromatic heterocycles. The molecule has 114 valence electrons. The number of alkyl halides is 4. The SMILES string of the molecule is N#CN=S1(=O)CCCC1C(Cl)c1ccc(C(F)(F)F)nc1. The maximum Gasteiger partial charge on any atom is 0.433 e. The highest BCUT2D eigenvalue weighted by molar-refractivity contribution is 7.94. The van der Waals surface area contributed by atoms with Crippen LogP contribution in [0.15, 0.2) is 22.7 Å². The highest BCUT2D eigenvalue weighted by Gasteiger charge is 2.37. The van der Waals surface area contributed by atoms with Gasteiger partial charge in [-0.25, -0.2) is 4.21 Å². The highest BCUT2D eigenvalue weighted by atomic mass is 35.5. The number of nitriles is 1. The summed E-state index contributed by atoms with van der Waals surface area (Å²) in [4.78, 5) is 3.34. The lowest BCUT2D eigenvalue weighted by Crippen LogP contribution is -2.21. The summed E-state index contributed by atoms with van der Waals surface area (Å²) in [5.74, 6) is 0.280. The van der Waals surface area contributed by atoms with E-state index in [0.29, 0.717) is 18.4 Å². The van der Waals surface area contributed by atoms with Gasteiger partial charge in [0.25, 0.3) is 0 Å². The van der Waals surface area contributed by atoms with Gasteiger partial charge >= 0.3 is 6.18 Å². The Kier molecular flexibility index (Phi) is 4.44. The third-order valence-electron chi connectivity index (χ3n) is 3.32. The summed E-state index contributed by atoms with van der Waals surface area (Å²) in [7, 11) is -2.75. The minimum Gasteiger partial charge on any atom is -0.251 e. The Balaban J connectivity index is 2.29. The van der Waals surface area contributed by atoms with Crippen molar-refractivity contribution in [3.63, 3.8) is 0 Å². The van der Waals surface area contributed by atoms with Gasteiger partial charge in [0.2, 0.25) is 6.19 Å². The molecule has 0 amide bonds. The van der Waals surface area contributed by atoms with E-state index in [2.05, 4.69) is 9.35 Å². The zero-order valence-corrected chi connectivity index (χ0v) is 12.3. The van der Waals surface area contributed by atoms with Crippen LogP contribution in [0.2, 0.25) is 0 Å². The monoisotopic (exact) mass is 337 g/mol. The van der Waals surface area contributed by atoms with Gasteiger partial charge in [0, 0.05) is 11.9 Å². The molecule has 1 aliphatic rings. The fraction of sp³-hybridized carbons (Fsp3) is 0.500. The predicted molar refractivity (Wildman–Crippen MR) is 71.9 cm³/mol. The number of halogens is 4. The van der Waals surface area contributed by atoms with Crippen LogP contribution in [0.4, 0.5) is 13.2 Å². The van der Waals surface area contributed by atoms with E-state index in [0.717, 1.165) is 12.3 Å². The first-order valence-corrected chi connectivity index (χ1v) is 8.25. The second-order valence-corrected chi connectivity index (χ2v) is 7.69. The van der Waals surface area contributed by atoms with E-state index in [1.807, 2.05) is 0 Å². The van der Waals surface area contributed by atoms with Crippen LogP contribution >= 0.6 is 11.6 Å². The van der Waals surface area contributed by atoms with Gasteiger partial charge in [-0.2, -0.15) is 18.4 Å². The molecule has 0 saturated carbocycles. The molecule has 1 saturated heterocycles. The lowest BCUT2D eigenvalue weighted by atomic mass is 10.1. The van der Waals surface area contributed by atoms with Crippen molar-refractivity contribution in [2.75, 3.05) is 5.75 Å². The van der Waals surface area contributed by atoms with E-state index in [4.69, 9.17) is 16.9 Å². The van der Waals surface area contributed by atoms with E-state index >= 15 is 0 Å². The van der Waals surface area contributed by atoms with Crippen molar-refractivity contribution < 1.29 is 17.4 Å². The van der Waals surface area contributed by atoms with Gasteiger partial charge in [-0.05, 0) is 24.5 Å². The molecule has 3 atom stereocenters. The molecule has 1 fully saturated rings. The molecule has 2 heterocycles. The summed E-state index contributed by atoms with van der Waals surface area (Å²) in [6.45, 7) is 0. The van der Waals surface area contributed by atoms with Crippen molar-refractivity contribution in [2.24, 2.45) is 4.36 Å². The summed E-state index contributed by atoms with van der Waals surface area (Å²) in [5.41, 5.74) is -0.665. The molecule has 3 unspecified atom stereocenters. The molecule has 1 aliphatic heterocycles. The van der Waals surface area contributed by atoms with Crippen LogP contribution in [0, 0.1) is 11.5 Å². The van der Waals surface area contributed by atoms with Gasteiger partial charge < -0.3 is 0 Å². The standard InChI is InChI=1S/C12H11ClF3N3OS/c13-11(9-2-1-5-21(9,20)19-7-17)8-3-4-10(18-6-8)12(14,15)16/h3-4,6,9,11H,1-2,5H2. The van der Waals surface area contributed by atoms with Crippen molar-refractivity contribution in [3.05, 3.63) is 29.6 Å². The minimum atomic E-state index is -4.52. The van der Waals surface area contributed by atoms with Crippen molar-refractivity contribution in [3.8, 4) is 6.19 Å². The fourth-order valence-electron chi connectivity index (χ4n) is 2.29. The molecule has 9 heteroatoms. The number of hydrogen-bond donors (Lipinski definition) is 0. The number of rotatable bonds is 2. The van der Waals surface area contributed by atoms with E-state index in [1.54, 1.807) is 6.19 Å². The molecule has 0 bridgehead atoms. The minimum absolute atomic E-state index is 0.280. The van der Waals surface area contributed by atoms with E-state index in [-0.39, 0.29) is 5.75 Å². The Hall–Kier alpha value is -1.33. The van der Waals surface area contributed by atoms with Gasteiger partial charge in [0.15, 0.2) is 0 Å². The van der Waals surface area contributed by atoms with Crippen LogP contribution in [0.5, 0.6) is 0 Å². The van der Waals surface area contributed by atoms with Crippen LogP contribution in [0.3, 0.4) is 0 Å². The molecule has 4 nitrogen and oxygen atoms in total. The fourth-order valence-corrected chi connectivity index (χ4v) is 5.34. The quantitative estimate of drug-likeness (QED) is 0.613. The Bertz CT molecular complexity index is 674. The molecule has 0 aromatic carbocycles. The number of pyridine rings is 1. The third kappa shape index (κ3) is 3.30. The van der Waals surface area contributed by atoms with Gasteiger partial charge in [0.1, 0.15) is 5.69 Å². The van der Waals surface area contributed by atoms with Crippen LogP contribution < -0.4 is 0 Å². The first-order chi connectivity index (χ1) is 9.78. The number of nitrogens with zero attached hydrogens (tertiary/aromatic N) is 3. The van der Waals surface area contributed by atoms with Gasteiger partial charge in [-0.3, -0.25) is 4.98 Å². The van der Waals surface area contributed by atoms with E-state index in [1.165, 1.54) is 6.07 Å². The normalized spacial score (nSPS) is 27.1. The van der Waals surface area contributed by atoms with Crippen LogP contribution in [0.1, 0.15) is 29.5 Å². The molecule has 21 heavy (non-hydrogen) atoms. The number of aromatic nitrogens is 1. The van der Waals surface area contributed by atoms with Gasteiger partial charge in [-0.1, -0.05) is 6.07 Å². The Morgan fingerprint density at radius 2 is 2.24 bits per heavy atom. The van der Waals surface area contributed by atoms with Crippen LogP contribution in [-0.2, 0) is 15.9 Å². The Labute approximate surface area is 125 Å². The van der Waals surface area contributed by atoms with E-state index in [9.17, 15) is 17.4 Å². The average Bonchev–Trinajstić information content (AvgIpc) is 2.79. The molecule has 1 aromatic rings. The lowest BCUT2D eigenvalue weighted by molar-refractivity contribution is -0.141. The third-order valence-corrected chi connectivity index (χ3v) is 6.74. The maximum absolute atomic E-state index is 12.5. The molecule has 0 aliphatic carbocycles. The van der Waals surface area contributed by atoms with Crippen molar-refractivity contribution >= 4 is 21.3 Å². The highest BCUT2D eigenvalue weighted by Crippen LogP contribution is 2.37. The molecular formula is C12H11ClF3N3OS. The maximum atomic E-state index is 12.5. The molecule has 0 N–H and O–H groups in total. The zero-order valence-electron chi connectivity index (χ0n) is 10.7. The van der Waals surface area contributed by atoms with Crippen LogP contribution in [0.25, 0.3) is 0 Å². The first-order valence-electron chi connectivity index (χ1n) is 6.07. The summed E-state index contributed by atoms with van der Waals surface area (Å²) in [5, 5.41) is 7.27. The summed E-state index contributed by atoms with van der Waals surface area (Å²) in [6, 6.07) is 2.06.